The van der Waals surface area contributed by atoms with Gasteiger partial charge in [0.1, 0.15) is 0 Å². The van der Waals surface area contributed by atoms with Crippen molar-refractivity contribution in [3.05, 3.63) is 82.7 Å². The van der Waals surface area contributed by atoms with Crippen LogP contribution < -0.4 is 10.4 Å². The van der Waals surface area contributed by atoms with E-state index in [1.54, 1.807) is 0 Å². The van der Waals surface area contributed by atoms with Gasteiger partial charge in [0.2, 0.25) is 0 Å². The molecular formula is C22H20. The maximum atomic E-state index is 2.38. The highest BCUT2D eigenvalue weighted by atomic mass is 14.3. The summed E-state index contributed by atoms with van der Waals surface area (Å²) >= 11 is 0. The molecule has 22 heavy (non-hydrogen) atoms. The van der Waals surface area contributed by atoms with Gasteiger partial charge in [-0.1, -0.05) is 86.7 Å². The summed E-state index contributed by atoms with van der Waals surface area (Å²) in [5.74, 6) is 0. The second kappa shape index (κ2) is 4.84. The van der Waals surface area contributed by atoms with Crippen molar-refractivity contribution >= 4 is 22.4 Å². The van der Waals surface area contributed by atoms with Crippen molar-refractivity contribution in [3.63, 3.8) is 0 Å². The Bertz CT molecular complexity index is 969. The van der Waals surface area contributed by atoms with Crippen LogP contribution in [0, 0.1) is 5.41 Å². The lowest BCUT2D eigenvalue weighted by molar-refractivity contribution is 0.516. The van der Waals surface area contributed by atoms with Crippen LogP contribution in [0.3, 0.4) is 0 Å². The van der Waals surface area contributed by atoms with E-state index in [1.165, 1.54) is 32.3 Å². The molecule has 108 valence electrons. The number of fused-ring (bicyclic) bond motifs is 2. The van der Waals surface area contributed by atoms with Crippen LogP contribution in [-0.4, -0.2) is 0 Å². The minimum absolute atomic E-state index is 0.151. The zero-order chi connectivity index (χ0) is 15.2. The van der Waals surface area contributed by atoms with Gasteiger partial charge in [-0.05, 0) is 44.2 Å². The average Bonchev–Trinajstić information content (AvgIpc) is 2.54. The minimum atomic E-state index is 0.151. The smallest absolute Gasteiger partial charge is 0.00565 e. The highest BCUT2D eigenvalue weighted by Crippen LogP contribution is 2.39. The molecule has 3 aromatic rings. The summed E-state index contributed by atoms with van der Waals surface area (Å²) in [6, 6.07) is 24.1. The van der Waals surface area contributed by atoms with Gasteiger partial charge in [-0.2, -0.15) is 0 Å². The largest absolute Gasteiger partial charge is 0.0758 e. The lowest BCUT2D eigenvalue weighted by atomic mass is 9.73. The molecule has 0 N–H and O–H groups in total. The molecular weight excluding hydrogens is 264 g/mol. The van der Waals surface area contributed by atoms with Gasteiger partial charge in [-0.3, -0.25) is 0 Å². The van der Waals surface area contributed by atoms with Crippen LogP contribution in [-0.2, 0) is 0 Å². The van der Waals surface area contributed by atoms with Gasteiger partial charge in [-0.15, -0.1) is 0 Å². The Labute approximate surface area is 131 Å². The normalized spacial score (nSPS) is 16.2. The molecule has 0 heterocycles. The average molecular weight is 284 g/mol. The van der Waals surface area contributed by atoms with E-state index in [9.17, 15) is 0 Å². The van der Waals surface area contributed by atoms with Gasteiger partial charge in [0.25, 0.3) is 0 Å². The van der Waals surface area contributed by atoms with Crippen molar-refractivity contribution < 1.29 is 0 Å². The summed E-state index contributed by atoms with van der Waals surface area (Å²) in [5.41, 5.74) is 3.00. The molecule has 1 aliphatic rings. The minimum Gasteiger partial charge on any atom is -0.0758 e. The Hall–Kier alpha value is -2.34. The second-order valence-electron chi connectivity index (χ2n) is 6.78. The fourth-order valence-corrected chi connectivity index (χ4v) is 3.69. The van der Waals surface area contributed by atoms with Gasteiger partial charge in [-0.25, -0.2) is 0 Å². The second-order valence-corrected chi connectivity index (χ2v) is 6.78. The van der Waals surface area contributed by atoms with Crippen molar-refractivity contribution in [1.82, 2.24) is 0 Å². The Morgan fingerprint density at radius 1 is 0.773 bits per heavy atom. The third-order valence-corrected chi connectivity index (χ3v) is 4.80. The van der Waals surface area contributed by atoms with Crippen LogP contribution in [0.4, 0.5) is 0 Å². The lowest BCUT2D eigenvalue weighted by Gasteiger charge is -2.31. The predicted octanol–water partition coefficient (Wildman–Crippen LogP) is 4.25. The van der Waals surface area contributed by atoms with Gasteiger partial charge in [0, 0.05) is 0 Å². The molecule has 0 unspecified atom stereocenters. The molecule has 0 atom stereocenters. The van der Waals surface area contributed by atoms with Crippen molar-refractivity contribution in [3.8, 4) is 0 Å². The molecule has 3 aromatic carbocycles. The Morgan fingerprint density at radius 3 is 2.41 bits per heavy atom. The topological polar surface area (TPSA) is 0 Å². The van der Waals surface area contributed by atoms with Crippen LogP contribution in [0.15, 0.2) is 66.7 Å². The first kappa shape index (κ1) is 13.3. The molecule has 0 radical (unpaired) electrons. The highest BCUT2D eigenvalue weighted by Gasteiger charge is 2.27. The zero-order valence-corrected chi connectivity index (χ0v) is 13.1. The van der Waals surface area contributed by atoms with Crippen LogP contribution in [0.1, 0.15) is 25.8 Å². The van der Waals surface area contributed by atoms with E-state index in [2.05, 4.69) is 86.7 Å². The SMILES string of the molecule is CC1(C)CC=c2ccccc2=C1c1cccc2ccccc12. The molecule has 0 aliphatic heterocycles. The molecule has 0 spiro atoms. The van der Waals surface area contributed by atoms with Crippen LogP contribution in [0.2, 0.25) is 0 Å². The first-order valence-electron chi connectivity index (χ1n) is 7.95. The number of hydrogen-bond acceptors (Lipinski definition) is 0. The molecule has 1 aliphatic carbocycles. The Kier molecular flexibility index (Phi) is 2.94. The maximum Gasteiger partial charge on any atom is -0.00565 e. The van der Waals surface area contributed by atoms with Gasteiger partial charge >= 0.3 is 0 Å². The van der Waals surface area contributed by atoms with E-state index in [4.69, 9.17) is 0 Å². The Balaban J connectivity index is 2.19. The number of rotatable bonds is 1. The third-order valence-electron chi connectivity index (χ3n) is 4.80. The first-order chi connectivity index (χ1) is 10.7. The van der Waals surface area contributed by atoms with E-state index in [1.807, 2.05) is 0 Å². The summed E-state index contributed by atoms with van der Waals surface area (Å²) in [5, 5.41) is 5.42. The molecule has 0 aromatic heterocycles. The molecule has 0 saturated carbocycles. The molecule has 0 amide bonds. The monoisotopic (exact) mass is 284 g/mol. The van der Waals surface area contributed by atoms with Gasteiger partial charge in [0.05, 0.1) is 0 Å². The molecule has 0 heteroatoms. The van der Waals surface area contributed by atoms with E-state index < -0.39 is 0 Å². The molecule has 0 saturated heterocycles. The van der Waals surface area contributed by atoms with Crippen LogP contribution >= 0.6 is 0 Å². The van der Waals surface area contributed by atoms with Gasteiger partial charge in [0.15, 0.2) is 0 Å². The number of benzene rings is 3. The predicted molar refractivity (Wildman–Crippen MR) is 95.0 cm³/mol. The maximum absolute atomic E-state index is 2.38. The van der Waals surface area contributed by atoms with E-state index in [0.717, 1.165) is 6.42 Å². The molecule has 0 bridgehead atoms. The van der Waals surface area contributed by atoms with Gasteiger partial charge < -0.3 is 0 Å². The summed E-state index contributed by atoms with van der Waals surface area (Å²) in [7, 11) is 0. The Morgan fingerprint density at radius 2 is 1.50 bits per heavy atom. The van der Waals surface area contributed by atoms with Crippen molar-refractivity contribution in [1.29, 1.82) is 0 Å². The number of hydrogen-bond donors (Lipinski definition) is 0. The summed E-state index contributed by atoms with van der Waals surface area (Å²) in [6.07, 6.45) is 3.46. The molecule has 0 nitrogen and oxygen atoms in total. The van der Waals surface area contributed by atoms with E-state index >= 15 is 0 Å². The fourth-order valence-electron chi connectivity index (χ4n) is 3.69. The highest BCUT2D eigenvalue weighted by molar-refractivity contribution is 5.95. The quantitative estimate of drug-likeness (QED) is 0.626. The summed E-state index contributed by atoms with van der Waals surface area (Å²) in [6.45, 7) is 4.72. The first-order valence-corrected chi connectivity index (χ1v) is 7.95. The lowest BCUT2D eigenvalue weighted by Crippen LogP contribution is -2.36. The van der Waals surface area contributed by atoms with Crippen molar-refractivity contribution in [2.75, 3.05) is 0 Å². The van der Waals surface area contributed by atoms with Crippen molar-refractivity contribution in [2.45, 2.75) is 20.3 Å². The third kappa shape index (κ3) is 1.99. The molecule has 0 fully saturated rings. The van der Waals surface area contributed by atoms with Crippen LogP contribution in [0.25, 0.3) is 22.4 Å². The summed E-state index contributed by atoms with van der Waals surface area (Å²) in [4.78, 5) is 0. The van der Waals surface area contributed by atoms with E-state index in [-0.39, 0.29) is 5.41 Å². The zero-order valence-electron chi connectivity index (χ0n) is 13.1. The van der Waals surface area contributed by atoms with Crippen molar-refractivity contribution in [2.24, 2.45) is 5.41 Å². The van der Waals surface area contributed by atoms with Crippen LogP contribution in [0.5, 0.6) is 0 Å². The molecule has 4 rings (SSSR count). The standard InChI is InChI=1S/C22H20/c1-22(2)15-14-17-9-4-6-12-19(17)21(22)20-13-7-10-16-8-3-5-11-18(16)20/h3-14H,15H2,1-2H3. The summed E-state index contributed by atoms with van der Waals surface area (Å²) < 4.78 is 0. The van der Waals surface area contributed by atoms with E-state index in [0.29, 0.717) is 0 Å². The fraction of sp³-hybridized carbons (Fsp3) is 0.182.